The van der Waals surface area contributed by atoms with E-state index in [0.717, 1.165) is 48.7 Å². The Bertz CT molecular complexity index is 1030. The number of aliphatic imine (C=N–C) groups is 1. The summed E-state index contributed by atoms with van der Waals surface area (Å²) in [5, 5.41) is 28.5. The van der Waals surface area contributed by atoms with Crippen molar-refractivity contribution < 1.29 is 10.2 Å². The molecule has 0 spiro atoms. The predicted molar refractivity (Wildman–Crippen MR) is 107 cm³/mol. The van der Waals surface area contributed by atoms with Gasteiger partial charge in [-0.05, 0) is 31.9 Å². The molecule has 4 rings (SSSR count). The minimum absolute atomic E-state index is 0.0363. The quantitative estimate of drug-likeness (QED) is 0.680. The highest BCUT2D eigenvalue weighted by atomic mass is 16.3. The molecule has 3 heterocycles. The van der Waals surface area contributed by atoms with Crippen LogP contribution in [0.25, 0.3) is 11.4 Å². The van der Waals surface area contributed by atoms with Crippen LogP contribution >= 0.6 is 0 Å². The van der Waals surface area contributed by atoms with E-state index in [1.165, 1.54) is 6.42 Å². The van der Waals surface area contributed by atoms with Gasteiger partial charge < -0.3 is 14.8 Å². The SMILES string of the molecule is Cc1ncc(CO)c(C=Nc2cccc(-c3nnc4n3CCCCC4)c2)c1O. The second-order valence-corrected chi connectivity index (χ2v) is 7.00. The Hall–Kier alpha value is -3.06. The number of benzene rings is 1. The second-order valence-electron chi connectivity index (χ2n) is 7.00. The van der Waals surface area contributed by atoms with Crippen LogP contribution in [0.2, 0.25) is 0 Å². The molecule has 144 valence electrons. The zero-order valence-corrected chi connectivity index (χ0v) is 15.8. The summed E-state index contributed by atoms with van der Waals surface area (Å²) in [5.41, 5.74) is 3.22. The maximum absolute atomic E-state index is 10.3. The molecule has 0 saturated heterocycles. The van der Waals surface area contributed by atoms with E-state index in [1.54, 1.807) is 19.3 Å². The third-order valence-electron chi connectivity index (χ3n) is 5.08. The van der Waals surface area contributed by atoms with Gasteiger partial charge in [0.1, 0.15) is 11.6 Å². The Morgan fingerprint density at radius 3 is 2.96 bits per heavy atom. The van der Waals surface area contributed by atoms with E-state index in [0.29, 0.717) is 16.8 Å². The first-order valence-corrected chi connectivity index (χ1v) is 9.52. The van der Waals surface area contributed by atoms with Gasteiger partial charge in [-0.2, -0.15) is 0 Å². The largest absolute Gasteiger partial charge is 0.505 e. The van der Waals surface area contributed by atoms with Crippen molar-refractivity contribution in [3.8, 4) is 17.1 Å². The van der Waals surface area contributed by atoms with E-state index in [4.69, 9.17) is 0 Å². The topological polar surface area (TPSA) is 96.4 Å². The number of rotatable bonds is 4. The first kappa shape index (κ1) is 18.3. The average Bonchev–Trinajstić information content (AvgIpc) is 2.97. The van der Waals surface area contributed by atoms with Crippen LogP contribution in [0.15, 0.2) is 35.5 Å². The number of aromatic nitrogens is 4. The number of nitrogens with zero attached hydrogens (tertiary/aromatic N) is 5. The number of aromatic hydroxyl groups is 1. The van der Waals surface area contributed by atoms with E-state index >= 15 is 0 Å². The summed E-state index contributed by atoms with van der Waals surface area (Å²) in [7, 11) is 0. The minimum Gasteiger partial charge on any atom is -0.505 e. The first-order valence-electron chi connectivity index (χ1n) is 9.52. The van der Waals surface area contributed by atoms with Crippen LogP contribution in [0, 0.1) is 6.92 Å². The van der Waals surface area contributed by atoms with Crippen molar-refractivity contribution in [2.24, 2.45) is 4.99 Å². The maximum Gasteiger partial charge on any atom is 0.164 e. The second kappa shape index (κ2) is 7.90. The number of fused-ring (bicyclic) bond motifs is 1. The van der Waals surface area contributed by atoms with E-state index in [2.05, 4.69) is 24.7 Å². The lowest BCUT2D eigenvalue weighted by atomic mass is 10.1. The molecular formula is C21H23N5O2. The van der Waals surface area contributed by atoms with E-state index in [1.807, 2.05) is 24.3 Å². The molecule has 0 atom stereocenters. The van der Waals surface area contributed by atoms with Gasteiger partial charge in [0.25, 0.3) is 0 Å². The van der Waals surface area contributed by atoms with Crippen molar-refractivity contribution in [2.75, 3.05) is 0 Å². The van der Waals surface area contributed by atoms with Crippen LogP contribution in [0.5, 0.6) is 5.75 Å². The molecule has 0 saturated carbocycles. The van der Waals surface area contributed by atoms with Gasteiger partial charge in [-0.25, -0.2) is 0 Å². The summed E-state index contributed by atoms with van der Waals surface area (Å²) in [6.07, 6.45) is 7.60. The molecule has 0 amide bonds. The van der Waals surface area contributed by atoms with Crippen molar-refractivity contribution in [3.05, 3.63) is 53.1 Å². The monoisotopic (exact) mass is 377 g/mol. The third kappa shape index (κ3) is 3.53. The van der Waals surface area contributed by atoms with Gasteiger partial charge in [-0.15, -0.1) is 10.2 Å². The smallest absolute Gasteiger partial charge is 0.164 e. The molecule has 0 aliphatic carbocycles. The lowest BCUT2D eigenvalue weighted by molar-refractivity contribution is 0.280. The molecule has 2 aromatic heterocycles. The molecule has 7 nitrogen and oxygen atoms in total. The van der Waals surface area contributed by atoms with Crippen molar-refractivity contribution in [1.82, 2.24) is 19.7 Å². The van der Waals surface area contributed by atoms with Crippen molar-refractivity contribution in [3.63, 3.8) is 0 Å². The number of hydrogen-bond donors (Lipinski definition) is 2. The summed E-state index contributed by atoms with van der Waals surface area (Å²) in [6.45, 7) is 2.44. The fourth-order valence-corrected chi connectivity index (χ4v) is 3.49. The van der Waals surface area contributed by atoms with Crippen molar-refractivity contribution >= 4 is 11.9 Å². The Labute approximate surface area is 163 Å². The Kier molecular flexibility index (Phi) is 5.16. The summed E-state index contributed by atoms with van der Waals surface area (Å²) < 4.78 is 2.21. The summed E-state index contributed by atoms with van der Waals surface area (Å²) in [4.78, 5) is 8.58. The van der Waals surface area contributed by atoms with Gasteiger partial charge in [0.15, 0.2) is 5.82 Å². The average molecular weight is 377 g/mol. The molecule has 1 aromatic carbocycles. The van der Waals surface area contributed by atoms with Gasteiger partial charge >= 0.3 is 0 Å². The number of aliphatic hydroxyl groups excluding tert-OH is 1. The van der Waals surface area contributed by atoms with Crippen LogP contribution in [-0.4, -0.2) is 36.2 Å². The molecular weight excluding hydrogens is 354 g/mol. The molecule has 1 aliphatic rings. The summed E-state index contributed by atoms with van der Waals surface area (Å²) in [5.74, 6) is 1.95. The first-order chi connectivity index (χ1) is 13.7. The van der Waals surface area contributed by atoms with Crippen LogP contribution in [0.3, 0.4) is 0 Å². The summed E-state index contributed by atoms with van der Waals surface area (Å²) in [6, 6.07) is 7.80. The zero-order chi connectivity index (χ0) is 19.5. The van der Waals surface area contributed by atoms with E-state index in [9.17, 15) is 10.2 Å². The summed E-state index contributed by atoms with van der Waals surface area (Å²) >= 11 is 0. The molecule has 2 N–H and O–H groups in total. The Morgan fingerprint density at radius 1 is 1.21 bits per heavy atom. The lowest BCUT2D eigenvalue weighted by Crippen LogP contribution is -2.02. The van der Waals surface area contributed by atoms with Crippen LogP contribution in [0.4, 0.5) is 5.69 Å². The molecule has 0 bridgehead atoms. The van der Waals surface area contributed by atoms with Crippen LogP contribution < -0.4 is 0 Å². The molecule has 1 aliphatic heterocycles. The van der Waals surface area contributed by atoms with Gasteiger partial charge in [0, 0.05) is 42.1 Å². The molecule has 7 heteroatoms. The number of pyridine rings is 1. The van der Waals surface area contributed by atoms with Crippen molar-refractivity contribution in [1.29, 1.82) is 0 Å². The van der Waals surface area contributed by atoms with Gasteiger partial charge in [-0.3, -0.25) is 9.98 Å². The molecule has 0 fully saturated rings. The zero-order valence-electron chi connectivity index (χ0n) is 15.8. The van der Waals surface area contributed by atoms with Crippen LogP contribution in [-0.2, 0) is 19.6 Å². The van der Waals surface area contributed by atoms with Gasteiger partial charge in [0.05, 0.1) is 18.0 Å². The van der Waals surface area contributed by atoms with Crippen LogP contribution in [0.1, 0.15) is 41.9 Å². The Morgan fingerprint density at radius 2 is 2.11 bits per heavy atom. The third-order valence-corrected chi connectivity index (χ3v) is 5.08. The lowest BCUT2D eigenvalue weighted by Gasteiger charge is -2.08. The van der Waals surface area contributed by atoms with Crippen molar-refractivity contribution in [2.45, 2.75) is 45.8 Å². The highest BCUT2D eigenvalue weighted by Crippen LogP contribution is 2.27. The number of hydrogen-bond acceptors (Lipinski definition) is 6. The molecule has 0 unspecified atom stereocenters. The molecule has 28 heavy (non-hydrogen) atoms. The van der Waals surface area contributed by atoms with E-state index in [-0.39, 0.29) is 12.4 Å². The highest BCUT2D eigenvalue weighted by molar-refractivity contribution is 5.87. The van der Waals surface area contributed by atoms with E-state index < -0.39 is 0 Å². The minimum atomic E-state index is -0.214. The standard InChI is InChI=1S/C21H23N5O2/c1-14-20(28)18(16(13-27)11-22-14)12-23-17-7-5-6-15(10-17)21-25-24-19-8-3-2-4-9-26(19)21/h5-7,10-12,27-28H,2-4,8-9,13H2,1H3. The highest BCUT2D eigenvalue weighted by Gasteiger charge is 2.16. The predicted octanol–water partition coefficient (Wildman–Crippen LogP) is 3.32. The van der Waals surface area contributed by atoms with Gasteiger partial charge in [-0.1, -0.05) is 18.6 Å². The molecule has 0 radical (unpaired) electrons. The fourth-order valence-electron chi connectivity index (χ4n) is 3.49. The fraction of sp³-hybridized carbons (Fsp3) is 0.333. The Balaban J connectivity index is 1.67. The maximum atomic E-state index is 10.3. The number of aryl methyl sites for hydroxylation is 2. The molecule has 3 aromatic rings. The van der Waals surface area contributed by atoms with Gasteiger partial charge in [0.2, 0.25) is 0 Å². The normalized spacial score (nSPS) is 14.2. The number of aliphatic hydroxyl groups is 1.